The Balaban J connectivity index is 0.00000280. The van der Waals surface area contributed by atoms with Gasteiger partial charge in [0.25, 0.3) is 11.8 Å². The Kier molecular flexibility index (Phi) is 7.58. The summed E-state index contributed by atoms with van der Waals surface area (Å²) in [6.45, 7) is 0.378. The third-order valence-corrected chi connectivity index (χ3v) is 4.18. The van der Waals surface area contributed by atoms with E-state index in [1.165, 1.54) is 0 Å². The van der Waals surface area contributed by atoms with Crippen LogP contribution in [0.15, 0.2) is 72.8 Å². The van der Waals surface area contributed by atoms with Crippen molar-refractivity contribution in [3.8, 4) is 0 Å². The molecule has 0 heterocycles. The summed E-state index contributed by atoms with van der Waals surface area (Å²) in [5.41, 5.74) is 8.80. The van der Waals surface area contributed by atoms with Crippen LogP contribution in [0.1, 0.15) is 26.3 Å². The van der Waals surface area contributed by atoms with Gasteiger partial charge in [-0.25, -0.2) is 0 Å². The first-order chi connectivity index (χ1) is 13.0. The van der Waals surface area contributed by atoms with E-state index >= 15 is 0 Å². The Morgan fingerprint density at radius 3 is 1.86 bits per heavy atom. The average molecular weight is 416 g/mol. The lowest BCUT2D eigenvalue weighted by molar-refractivity contribution is 0.101. The molecule has 0 aliphatic heterocycles. The molecule has 0 bridgehead atoms. The highest BCUT2D eigenvalue weighted by Crippen LogP contribution is 2.17. The van der Waals surface area contributed by atoms with Crippen LogP contribution in [0.4, 0.5) is 11.4 Å². The van der Waals surface area contributed by atoms with E-state index in [0.717, 1.165) is 5.56 Å². The van der Waals surface area contributed by atoms with Gasteiger partial charge in [0.1, 0.15) is 0 Å². The second kappa shape index (κ2) is 9.90. The fourth-order valence-corrected chi connectivity index (χ4v) is 2.61. The van der Waals surface area contributed by atoms with Gasteiger partial charge in [0.2, 0.25) is 0 Å². The molecule has 0 aliphatic carbocycles. The molecule has 7 heteroatoms. The molecule has 5 nitrogen and oxygen atoms in total. The third kappa shape index (κ3) is 5.57. The molecule has 0 spiro atoms. The second-order valence-electron chi connectivity index (χ2n) is 5.90. The molecule has 0 radical (unpaired) electrons. The van der Waals surface area contributed by atoms with E-state index in [0.29, 0.717) is 34.1 Å². The number of hydrogen-bond acceptors (Lipinski definition) is 3. The Morgan fingerprint density at radius 1 is 0.786 bits per heavy atom. The van der Waals surface area contributed by atoms with E-state index in [4.69, 9.17) is 17.3 Å². The van der Waals surface area contributed by atoms with Gasteiger partial charge >= 0.3 is 0 Å². The highest BCUT2D eigenvalue weighted by Gasteiger charge is 2.08. The molecule has 144 valence electrons. The van der Waals surface area contributed by atoms with Crippen LogP contribution < -0.4 is 16.4 Å². The summed E-state index contributed by atoms with van der Waals surface area (Å²) >= 11 is 5.82. The van der Waals surface area contributed by atoms with Crippen molar-refractivity contribution in [2.75, 3.05) is 10.6 Å². The summed E-state index contributed by atoms with van der Waals surface area (Å²) in [7, 11) is 0. The molecule has 4 N–H and O–H groups in total. The molecular formula is C21H19Cl2N3O2. The Hall–Kier alpha value is -2.86. The van der Waals surface area contributed by atoms with Gasteiger partial charge in [-0.15, -0.1) is 12.4 Å². The average Bonchev–Trinajstić information content (AvgIpc) is 2.70. The number of rotatable bonds is 5. The molecule has 3 rings (SSSR count). The highest BCUT2D eigenvalue weighted by atomic mass is 35.5. The van der Waals surface area contributed by atoms with Crippen LogP contribution in [0, 0.1) is 0 Å². The van der Waals surface area contributed by atoms with E-state index in [1.54, 1.807) is 66.7 Å². The lowest BCUT2D eigenvalue weighted by Gasteiger charge is -2.09. The van der Waals surface area contributed by atoms with Crippen LogP contribution >= 0.6 is 24.0 Å². The van der Waals surface area contributed by atoms with Gasteiger partial charge < -0.3 is 16.4 Å². The largest absolute Gasteiger partial charge is 0.326 e. The van der Waals surface area contributed by atoms with Gasteiger partial charge in [-0.3, -0.25) is 9.59 Å². The molecule has 3 aromatic carbocycles. The van der Waals surface area contributed by atoms with Gasteiger partial charge in [0.05, 0.1) is 0 Å². The number of anilines is 2. The van der Waals surface area contributed by atoms with Crippen LogP contribution in [0.25, 0.3) is 0 Å². The predicted octanol–water partition coefficient (Wildman–Crippen LogP) is 4.73. The predicted molar refractivity (Wildman–Crippen MR) is 115 cm³/mol. The molecule has 0 aliphatic rings. The molecule has 2 amide bonds. The summed E-state index contributed by atoms with van der Waals surface area (Å²) in [5, 5.41) is 6.19. The van der Waals surface area contributed by atoms with Gasteiger partial charge in [-0.1, -0.05) is 23.7 Å². The summed E-state index contributed by atoms with van der Waals surface area (Å²) in [6, 6.07) is 20.7. The van der Waals surface area contributed by atoms with Gasteiger partial charge in [-0.05, 0) is 66.2 Å². The number of amides is 2. The van der Waals surface area contributed by atoms with Crippen molar-refractivity contribution >= 4 is 47.2 Å². The first-order valence-electron chi connectivity index (χ1n) is 8.32. The zero-order valence-corrected chi connectivity index (χ0v) is 16.4. The fraction of sp³-hybridized carbons (Fsp3) is 0.0476. The summed E-state index contributed by atoms with van der Waals surface area (Å²) < 4.78 is 0. The summed E-state index contributed by atoms with van der Waals surface area (Å²) in [4.78, 5) is 24.5. The third-order valence-electron chi connectivity index (χ3n) is 3.93. The zero-order valence-electron chi connectivity index (χ0n) is 14.8. The lowest BCUT2D eigenvalue weighted by atomic mass is 10.1. The van der Waals surface area contributed by atoms with Crippen LogP contribution in [0.5, 0.6) is 0 Å². The van der Waals surface area contributed by atoms with Crippen molar-refractivity contribution in [2.45, 2.75) is 6.54 Å². The van der Waals surface area contributed by atoms with Crippen molar-refractivity contribution in [3.05, 3.63) is 94.5 Å². The van der Waals surface area contributed by atoms with Crippen LogP contribution in [-0.4, -0.2) is 11.8 Å². The second-order valence-corrected chi connectivity index (χ2v) is 6.33. The fourth-order valence-electron chi connectivity index (χ4n) is 2.48. The first-order valence-corrected chi connectivity index (χ1v) is 8.70. The van der Waals surface area contributed by atoms with Gasteiger partial charge in [0, 0.05) is 34.1 Å². The van der Waals surface area contributed by atoms with E-state index in [9.17, 15) is 9.59 Å². The van der Waals surface area contributed by atoms with Crippen LogP contribution in [0.3, 0.4) is 0 Å². The molecule has 0 aromatic heterocycles. The summed E-state index contributed by atoms with van der Waals surface area (Å²) in [6.07, 6.45) is 0. The number of benzene rings is 3. The number of carbonyl (C=O) groups excluding carboxylic acids is 2. The highest BCUT2D eigenvalue weighted by molar-refractivity contribution is 6.30. The Labute approximate surface area is 174 Å². The molecule has 3 aromatic rings. The van der Waals surface area contributed by atoms with Crippen LogP contribution in [0.2, 0.25) is 5.02 Å². The van der Waals surface area contributed by atoms with Crippen molar-refractivity contribution < 1.29 is 9.59 Å². The van der Waals surface area contributed by atoms with E-state index in [-0.39, 0.29) is 24.2 Å². The first kappa shape index (κ1) is 21.4. The molecule has 0 fully saturated rings. The quantitative estimate of drug-likeness (QED) is 0.563. The minimum absolute atomic E-state index is 0. The molecule has 28 heavy (non-hydrogen) atoms. The Bertz CT molecular complexity index is 958. The molecule has 0 unspecified atom stereocenters. The lowest BCUT2D eigenvalue weighted by Crippen LogP contribution is -2.13. The van der Waals surface area contributed by atoms with Gasteiger partial charge in [-0.2, -0.15) is 0 Å². The van der Waals surface area contributed by atoms with Crippen LogP contribution in [-0.2, 0) is 6.54 Å². The molecule has 0 saturated carbocycles. The van der Waals surface area contributed by atoms with E-state index in [1.807, 2.05) is 6.07 Å². The van der Waals surface area contributed by atoms with Crippen molar-refractivity contribution in [3.63, 3.8) is 0 Å². The smallest absolute Gasteiger partial charge is 0.255 e. The maximum atomic E-state index is 12.3. The summed E-state index contributed by atoms with van der Waals surface area (Å²) in [5.74, 6) is -0.453. The number of hydrogen-bond donors (Lipinski definition) is 3. The monoisotopic (exact) mass is 415 g/mol. The standard InChI is InChI=1S/C21H18ClN3O2.ClH/c22-17-6-4-15(5-7-17)20(26)24-18-8-10-19(11-9-18)25-21(27)16-3-1-2-14(12-16)13-23;/h1-12H,13,23H2,(H,24,26)(H,25,27);1H. The molecule has 0 atom stereocenters. The SMILES string of the molecule is Cl.NCc1cccc(C(=O)Nc2ccc(NC(=O)c3ccc(Cl)cc3)cc2)c1. The molecular weight excluding hydrogens is 397 g/mol. The van der Waals surface area contributed by atoms with Crippen molar-refractivity contribution in [1.29, 1.82) is 0 Å². The number of halogens is 2. The molecule has 0 saturated heterocycles. The minimum Gasteiger partial charge on any atom is -0.326 e. The van der Waals surface area contributed by atoms with Crippen molar-refractivity contribution in [1.82, 2.24) is 0 Å². The minimum atomic E-state index is -0.234. The normalized spacial score (nSPS) is 9.93. The van der Waals surface area contributed by atoms with Gasteiger partial charge in [0.15, 0.2) is 0 Å². The van der Waals surface area contributed by atoms with Crippen molar-refractivity contribution in [2.24, 2.45) is 5.73 Å². The maximum Gasteiger partial charge on any atom is 0.255 e. The maximum absolute atomic E-state index is 12.3. The number of nitrogens with one attached hydrogen (secondary N) is 2. The number of carbonyl (C=O) groups is 2. The van der Waals surface area contributed by atoms with E-state index < -0.39 is 0 Å². The zero-order chi connectivity index (χ0) is 19.2. The topological polar surface area (TPSA) is 84.2 Å². The van der Waals surface area contributed by atoms with E-state index in [2.05, 4.69) is 10.6 Å². The Morgan fingerprint density at radius 2 is 1.32 bits per heavy atom. The number of nitrogens with two attached hydrogens (primary N) is 1.